The molecule has 1 rings (SSSR count). The number of benzene rings is 1. The third kappa shape index (κ3) is 3.47. The van der Waals surface area contributed by atoms with Crippen LogP contribution in [0.1, 0.15) is 30.6 Å². The molecular weight excluding hydrogens is 228 g/mol. The Bertz CT molecular complexity index is 393. The SMILES string of the molecule is CCC(C)N(CCOC)C(=O)c1ccccc1N. The second-order valence-corrected chi connectivity index (χ2v) is 4.34. The van der Waals surface area contributed by atoms with Crippen LogP contribution in [0.5, 0.6) is 0 Å². The summed E-state index contributed by atoms with van der Waals surface area (Å²) in [6, 6.07) is 7.34. The van der Waals surface area contributed by atoms with Gasteiger partial charge in [-0.15, -0.1) is 0 Å². The highest BCUT2D eigenvalue weighted by Gasteiger charge is 2.21. The topological polar surface area (TPSA) is 55.6 Å². The summed E-state index contributed by atoms with van der Waals surface area (Å²) in [5.41, 5.74) is 6.94. The molecule has 0 aliphatic heterocycles. The van der Waals surface area contributed by atoms with Crippen molar-refractivity contribution in [2.75, 3.05) is 26.0 Å². The van der Waals surface area contributed by atoms with Crippen molar-refractivity contribution in [3.05, 3.63) is 29.8 Å². The zero-order valence-electron chi connectivity index (χ0n) is 11.3. The fourth-order valence-corrected chi connectivity index (χ4v) is 1.78. The van der Waals surface area contributed by atoms with Crippen molar-refractivity contribution in [1.29, 1.82) is 0 Å². The Kier molecular flexibility index (Phi) is 5.65. The van der Waals surface area contributed by atoms with Crippen LogP contribution >= 0.6 is 0 Å². The molecule has 0 aliphatic rings. The van der Waals surface area contributed by atoms with E-state index in [1.165, 1.54) is 0 Å². The first-order chi connectivity index (χ1) is 8.61. The number of anilines is 1. The van der Waals surface area contributed by atoms with Gasteiger partial charge in [0, 0.05) is 25.4 Å². The number of nitrogen functional groups attached to an aromatic ring is 1. The highest BCUT2D eigenvalue weighted by atomic mass is 16.5. The van der Waals surface area contributed by atoms with Gasteiger partial charge in [-0.25, -0.2) is 0 Å². The number of para-hydroxylation sites is 1. The molecule has 0 heterocycles. The zero-order valence-corrected chi connectivity index (χ0v) is 11.3. The number of ether oxygens (including phenoxy) is 1. The van der Waals surface area contributed by atoms with Gasteiger partial charge in [-0.3, -0.25) is 4.79 Å². The molecule has 1 aromatic rings. The molecule has 0 bridgehead atoms. The van der Waals surface area contributed by atoms with E-state index in [0.717, 1.165) is 6.42 Å². The summed E-state index contributed by atoms with van der Waals surface area (Å²) in [5.74, 6) is -0.0282. The Morgan fingerprint density at radius 2 is 2.11 bits per heavy atom. The van der Waals surface area contributed by atoms with E-state index in [1.807, 2.05) is 24.0 Å². The largest absolute Gasteiger partial charge is 0.398 e. The molecule has 0 aromatic heterocycles. The highest BCUT2D eigenvalue weighted by Crippen LogP contribution is 2.16. The number of amides is 1. The standard InChI is InChI=1S/C14H22N2O2/c1-4-11(2)16(9-10-18-3)14(17)12-7-5-6-8-13(12)15/h5-8,11H,4,9-10,15H2,1-3H3. The predicted molar refractivity (Wildman–Crippen MR) is 73.5 cm³/mol. The van der Waals surface area contributed by atoms with E-state index >= 15 is 0 Å². The molecular formula is C14H22N2O2. The van der Waals surface area contributed by atoms with Crippen LogP contribution in [0.3, 0.4) is 0 Å². The average molecular weight is 250 g/mol. The van der Waals surface area contributed by atoms with Crippen molar-refractivity contribution in [3.8, 4) is 0 Å². The van der Waals surface area contributed by atoms with Crippen LogP contribution in [-0.2, 0) is 4.74 Å². The van der Waals surface area contributed by atoms with Crippen molar-refractivity contribution >= 4 is 11.6 Å². The molecule has 100 valence electrons. The highest BCUT2D eigenvalue weighted by molar-refractivity contribution is 5.99. The van der Waals surface area contributed by atoms with E-state index in [0.29, 0.717) is 24.4 Å². The minimum Gasteiger partial charge on any atom is -0.398 e. The first kappa shape index (κ1) is 14.5. The van der Waals surface area contributed by atoms with Gasteiger partial charge in [-0.05, 0) is 25.5 Å². The number of carbonyl (C=O) groups excluding carboxylic acids is 1. The number of methoxy groups -OCH3 is 1. The van der Waals surface area contributed by atoms with Crippen LogP contribution in [0.25, 0.3) is 0 Å². The van der Waals surface area contributed by atoms with E-state index in [9.17, 15) is 4.79 Å². The van der Waals surface area contributed by atoms with Crippen molar-refractivity contribution < 1.29 is 9.53 Å². The first-order valence-electron chi connectivity index (χ1n) is 6.26. The van der Waals surface area contributed by atoms with E-state index in [-0.39, 0.29) is 11.9 Å². The van der Waals surface area contributed by atoms with Crippen molar-refractivity contribution in [3.63, 3.8) is 0 Å². The Labute approximate surface area is 109 Å². The fraction of sp³-hybridized carbons (Fsp3) is 0.500. The lowest BCUT2D eigenvalue weighted by Gasteiger charge is -2.28. The van der Waals surface area contributed by atoms with E-state index < -0.39 is 0 Å². The third-order valence-electron chi connectivity index (χ3n) is 3.11. The lowest BCUT2D eigenvalue weighted by Crippen LogP contribution is -2.40. The van der Waals surface area contributed by atoms with Gasteiger partial charge in [0.15, 0.2) is 0 Å². The lowest BCUT2D eigenvalue weighted by molar-refractivity contribution is 0.0615. The Balaban J connectivity index is 2.91. The molecule has 0 spiro atoms. The van der Waals surface area contributed by atoms with Gasteiger partial charge >= 0.3 is 0 Å². The average Bonchev–Trinajstić information content (AvgIpc) is 2.39. The van der Waals surface area contributed by atoms with Gasteiger partial charge in [0.05, 0.1) is 12.2 Å². The number of nitrogens with zero attached hydrogens (tertiary/aromatic N) is 1. The maximum absolute atomic E-state index is 12.5. The van der Waals surface area contributed by atoms with Gasteiger partial charge in [-0.2, -0.15) is 0 Å². The van der Waals surface area contributed by atoms with Crippen molar-refractivity contribution in [2.24, 2.45) is 0 Å². The van der Waals surface area contributed by atoms with Crippen LogP contribution in [-0.4, -0.2) is 37.1 Å². The zero-order chi connectivity index (χ0) is 13.5. The third-order valence-corrected chi connectivity index (χ3v) is 3.11. The maximum atomic E-state index is 12.5. The smallest absolute Gasteiger partial charge is 0.256 e. The molecule has 1 aromatic carbocycles. The summed E-state index contributed by atoms with van der Waals surface area (Å²) in [7, 11) is 1.64. The van der Waals surface area contributed by atoms with E-state index in [4.69, 9.17) is 10.5 Å². The van der Waals surface area contributed by atoms with E-state index in [1.54, 1.807) is 19.2 Å². The van der Waals surface area contributed by atoms with Gasteiger partial charge in [0.1, 0.15) is 0 Å². The monoisotopic (exact) mass is 250 g/mol. The van der Waals surface area contributed by atoms with Crippen LogP contribution in [0.2, 0.25) is 0 Å². The van der Waals surface area contributed by atoms with Crippen molar-refractivity contribution in [1.82, 2.24) is 4.90 Å². The van der Waals surface area contributed by atoms with Crippen LogP contribution in [0.15, 0.2) is 24.3 Å². The molecule has 0 saturated carbocycles. The maximum Gasteiger partial charge on any atom is 0.256 e. The Morgan fingerprint density at radius 1 is 1.44 bits per heavy atom. The Morgan fingerprint density at radius 3 is 2.67 bits per heavy atom. The summed E-state index contributed by atoms with van der Waals surface area (Å²) in [4.78, 5) is 14.3. The molecule has 1 amide bonds. The summed E-state index contributed by atoms with van der Waals surface area (Å²) < 4.78 is 5.06. The van der Waals surface area contributed by atoms with Crippen LogP contribution < -0.4 is 5.73 Å². The molecule has 4 nitrogen and oxygen atoms in total. The number of hydrogen-bond acceptors (Lipinski definition) is 3. The molecule has 1 unspecified atom stereocenters. The van der Waals surface area contributed by atoms with Gasteiger partial charge < -0.3 is 15.4 Å². The fourth-order valence-electron chi connectivity index (χ4n) is 1.78. The summed E-state index contributed by atoms with van der Waals surface area (Å²) in [6.45, 7) is 5.21. The lowest BCUT2D eigenvalue weighted by atomic mass is 10.1. The van der Waals surface area contributed by atoms with Crippen molar-refractivity contribution in [2.45, 2.75) is 26.3 Å². The number of nitrogens with two attached hydrogens (primary N) is 1. The van der Waals surface area contributed by atoms with E-state index in [2.05, 4.69) is 6.92 Å². The summed E-state index contributed by atoms with van der Waals surface area (Å²) in [5, 5.41) is 0. The molecule has 4 heteroatoms. The minimum absolute atomic E-state index is 0.0282. The normalized spacial score (nSPS) is 12.2. The molecule has 0 radical (unpaired) electrons. The molecule has 0 saturated heterocycles. The first-order valence-corrected chi connectivity index (χ1v) is 6.26. The Hall–Kier alpha value is -1.55. The van der Waals surface area contributed by atoms with Gasteiger partial charge in [-0.1, -0.05) is 19.1 Å². The number of carbonyl (C=O) groups is 1. The molecule has 2 N–H and O–H groups in total. The van der Waals surface area contributed by atoms with Gasteiger partial charge in [0.25, 0.3) is 5.91 Å². The predicted octanol–water partition coefficient (Wildman–Crippen LogP) is 2.16. The summed E-state index contributed by atoms with van der Waals surface area (Å²) in [6.07, 6.45) is 0.905. The quantitative estimate of drug-likeness (QED) is 0.787. The molecule has 1 atom stereocenters. The number of rotatable bonds is 6. The second-order valence-electron chi connectivity index (χ2n) is 4.34. The van der Waals surface area contributed by atoms with Crippen LogP contribution in [0.4, 0.5) is 5.69 Å². The number of hydrogen-bond donors (Lipinski definition) is 1. The van der Waals surface area contributed by atoms with Gasteiger partial charge in [0.2, 0.25) is 0 Å². The summed E-state index contributed by atoms with van der Waals surface area (Å²) >= 11 is 0. The molecule has 0 fully saturated rings. The van der Waals surface area contributed by atoms with Crippen LogP contribution in [0, 0.1) is 0 Å². The molecule has 18 heavy (non-hydrogen) atoms. The minimum atomic E-state index is -0.0282. The second kappa shape index (κ2) is 7.01. The molecule has 0 aliphatic carbocycles.